The fourth-order valence-electron chi connectivity index (χ4n) is 2.93. The summed E-state index contributed by atoms with van der Waals surface area (Å²) in [6.45, 7) is 3.59. The van der Waals surface area contributed by atoms with E-state index in [1.54, 1.807) is 11.0 Å². The third-order valence-corrected chi connectivity index (χ3v) is 4.21. The lowest BCUT2D eigenvalue weighted by Gasteiger charge is -2.32. The van der Waals surface area contributed by atoms with Gasteiger partial charge in [-0.3, -0.25) is 9.59 Å². The van der Waals surface area contributed by atoms with Gasteiger partial charge in [-0.15, -0.1) is 0 Å². The van der Waals surface area contributed by atoms with Crippen LogP contribution in [0.2, 0.25) is 5.22 Å². The maximum absolute atomic E-state index is 12.6. The Morgan fingerprint density at radius 3 is 2.67 bits per heavy atom. The van der Waals surface area contributed by atoms with E-state index in [4.69, 9.17) is 16.0 Å². The molecule has 0 aliphatic carbocycles. The van der Waals surface area contributed by atoms with Crippen LogP contribution in [0.15, 0.2) is 16.5 Å². The Bertz CT molecular complexity index is 539. The molecule has 2 amide bonds. The minimum atomic E-state index is -0.375. The molecule has 0 bridgehead atoms. The molecule has 0 saturated carbocycles. The van der Waals surface area contributed by atoms with Crippen LogP contribution < -0.4 is 5.32 Å². The average molecular weight is 312 g/mol. The molecular formula is C14H18ClN3O3. The highest BCUT2D eigenvalue weighted by Crippen LogP contribution is 2.24. The molecule has 1 unspecified atom stereocenters. The van der Waals surface area contributed by atoms with E-state index in [2.05, 4.69) is 5.32 Å². The van der Waals surface area contributed by atoms with Crippen molar-refractivity contribution in [3.63, 3.8) is 0 Å². The van der Waals surface area contributed by atoms with Crippen molar-refractivity contribution >= 4 is 23.4 Å². The normalized spacial score (nSPS) is 22.6. The zero-order chi connectivity index (χ0) is 14.8. The maximum atomic E-state index is 12.6. The Hall–Kier alpha value is -1.53. The van der Waals surface area contributed by atoms with Gasteiger partial charge in [0.25, 0.3) is 5.91 Å². The fourth-order valence-corrected chi connectivity index (χ4v) is 3.08. The lowest BCUT2D eigenvalue weighted by molar-refractivity contribution is -0.135. The summed E-state index contributed by atoms with van der Waals surface area (Å²) < 4.78 is 5.17. The summed E-state index contributed by atoms with van der Waals surface area (Å²) in [5.74, 6) is -0.0205. The van der Waals surface area contributed by atoms with E-state index < -0.39 is 0 Å². The zero-order valence-electron chi connectivity index (χ0n) is 11.7. The first kappa shape index (κ1) is 14.4. The van der Waals surface area contributed by atoms with Crippen molar-refractivity contribution in [3.05, 3.63) is 23.1 Å². The molecule has 0 spiro atoms. The second-order valence-corrected chi connectivity index (χ2v) is 5.71. The van der Waals surface area contributed by atoms with E-state index in [9.17, 15) is 9.59 Å². The number of nitrogens with zero attached hydrogens (tertiary/aromatic N) is 2. The summed E-state index contributed by atoms with van der Waals surface area (Å²) >= 11 is 5.71. The van der Waals surface area contributed by atoms with Gasteiger partial charge in [-0.25, -0.2) is 0 Å². The Kier molecular flexibility index (Phi) is 4.17. The number of furan rings is 1. The van der Waals surface area contributed by atoms with E-state index in [0.717, 1.165) is 19.5 Å². The molecule has 3 rings (SSSR count). The number of halogens is 1. The first-order chi connectivity index (χ1) is 10.2. The minimum absolute atomic E-state index is 0.0417. The maximum Gasteiger partial charge on any atom is 0.290 e. The molecule has 1 aromatic heterocycles. The molecule has 114 valence electrons. The number of amides is 2. The standard InChI is InChI=1S/C14H18ClN3O3/c15-12-4-3-11(21-12)14(20)18-7-1-2-10(18)13(19)17-8-5-16-6-9-17/h3-4,10,16H,1-2,5-9H2. The number of hydrogen-bond acceptors (Lipinski definition) is 4. The van der Waals surface area contributed by atoms with Crippen molar-refractivity contribution in [1.29, 1.82) is 0 Å². The molecule has 2 saturated heterocycles. The smallest absolute Gasteiger partial charge is 0.290 e. The van der Waals surface area contributed by atoms with Gasteiger partial charge in [0.15, 0.2) is 11.0 Å². The van der Waals surface area contributed by atoms with Gasteiger partial charge < -0.3 is 19.5 Å². The monoisotopic (exact) mass is 311 g/mol. The molecular weight excluding hydrogens is 294 g/mol. The molecule has 0 aromatic carbocycles. The van der Waals surface area contributed by atoms with Crippen LogP contribution in [-0.2, 0) is 4.79 Å². The van der Waals surface area contributed by atoms with Gasteiger partial charge in [-0.05, 0) is 36.6 Å². The average Bonchev–Trinajstić information content (AvgIpc) is 3.15. The molecule has 0 radical (unpaired) electrons. The predicted octanol–water partition coefficient (Wildman–Crippen LogP) is 0.969. The largest absolute Gasteiger partial charge is 0.440 e. The molecule has 2 aliphatic rings. The van der Waals surface area contributed by atoms with Crippen LogP contribution in [0.25, 0.3) is 0 Å². The molecule has 7 heteroatoms. The van der Waals surface area contributed by atoms with Crippen molar-refractivity contribution in [2.75, 3.05) is 32.7 Å². The number of likely N-dealkylation sites (tertiary alicyclic amines) is 1. The van der Waals surface area contributed by atoms with Crippen LogP contribution in [0.4, 0.5) is 0 Å². The summed E-state index contributed by atoms with van der Waals surface area (Å²) in [6.07, 6.45) is 1.55. The molecule has 1 atom stereocenters. The minimum Gasteiger partial charge on any atom is -0.440 e. The van der Waals surface area contributed by atoms with E-state index >= 15 is 0 Å². The predicted molar refractivity (Wildman–Crippen MR) is 77.2 cm³/mol. The summed E-state index contributed by atoms with van der Waals surface area (Å²) in [4.78, 5) is 28.5. The lowest BCUT2D eigenvalue weighted by atomic mass is 10.1. The third-order valence-electron chi connectivity index (χ3n) is 4.01. The van der Waals surface area contributed by atoms with E-state index in [-0.39, 0.29) is 28.8 Å². The van der Waals surface area contributed by atoms with Crippen LogP contribution in [0.1, 0.15) is 23.4 Å². The van der Waals surface area contributed by atoms with E-state index in [0.29, 0.717) is 26.1 Å². The molecule has 21 heavy (non-hydrogen) atoms. The number of piperazine rings is 1. The number of carbonyl (C=O) groups excluding carboxylic acids is 2. The highest BCUT2D eigenvalue weighted by atomic mass is 35.5. The number of carbonyl (C=O) groups is 2. The van der Waals surface area contributed by atoms with Gasteiger partial charge in [-0.1, -0.05) is 0 Å². The second-order valence-electron chi connectivity index (χ2n) is 5.34. The van der Waals surface area contributed by atoms with Gasteiger partial charge in [0, 0.05) is 32.7 Å². The summed E-state index contributed by atoms with van der Waals surface area (Å²) in [7, 11) is 0. The van der Waals surface area contributed by atoms with Gasteiger partial charge in [0.2, 0.25) is 5.91 Å². The van der Waals surface area contributed by atoms with Crippen molar-refractivity contribution in [1.82, 2.24) is 15.1 Å². The molecule has 3 heterocycles. The SMILES string of the molecule is O=C(C1CCCN1C(=O)c1ccc(Cl)o1)N1CCNCC1. The molecule has 1 N–H and O–H groups in total. The van der Waals surface area contributed by atoms with Gasteiger partial charge in [0.1, 0.15) is 6.04 Å². The molecule has 2 fully saturated rings. The number of nitrogens with one attached hydrogen (secondary N) is 1. The lowest BCUT2D eigenvalue weighted by Crippen LogP contribution is -2.53. The molecule has 6 nitrogen and oxygen atoms in total. The fraction of sp³-hybridized carbons (Fsp3) is 0.571. The topological polar surface area (TPSA) is 65.8 Å². The Labute approximate surface area is 128 Å². The summed E-state index contributed by atoms with van der Waals surface area (Å²) in [6, 6.07) is 2.72. The highest BCUT2D eigenvalue weighted by Gasteiger charge is 2.38. The summed E-state index contributed by atoms with van der Waals surface area (Å²) in [5.41, 5.74) is 0. The number of rotatable bonds is 2. The molecule has 2 aliphatic heterocycles. The van der Waals surface area contributed by atoms with Gasteiger partial charge in [0.05, 0.1) is 0 Å². The third kappa shape index (κ3) is 2.91. The molecule has 1 aromatic rings. The zero-order valence-corrected chi connectivity index (χ0v) is 12.4. The Balaban J connectivity index is 1.72. The van der Waals surface area contributed by atoms with Crippen molar-refractivity contribution in [3.8, 4) is 0 Å². The number of hydrogen-bond donors (Lipinski definition) is 1. The van der Waals surface area contributed by atoms with Crippen LogP contribution in [-0.4, -0.2) is 60.4 Å². The Morgan fingerprint density at radius 1 is 1.24 bits per heavy atom. The quantitative estimate of drug-likeness (QED) is 0.884. The van der Waals surface area contributed by atoms with Crippen LogP contribution in [0.5, 0.6) is 0 Å². The van der Waals surface area contributed by atoms with Crippen molar-refractivity contribution in [2.45, 2.75) is 18.9 Å². The van der Waals surface area contributed by atoms with Crippen molar-refractivity contribution < 1.29 is 14.0 Å². The van der Waals surface area contributed by atoms with Crippen LogP contribution in [0.3, 0.4) is 0 Å². The van der Waals surface area contributed by atoms with Crippen LogP contribution >= 0.6 is 11.6 Å². The van der Waals surface area contributed by atoms with Crippen LogP contribution in [0, 0.1) is 0 Å². The second kappa shape index (κ2) is 6.07. The first-order valence-corrected chi connectivity index (χ1v) is 7.60. The summed E-state index contributed by atoms with van der Waals surface area (Å²) in [5, 5.41) is 3.40. The first-order valence-electron chi connectivity index (χ1n) is 7.22. The van der Waals surface area contributed by atoms with Gasteiger partial charge in [-0.2, -0.15) is 0 Å². The van der Waals surface area contributed by atoms with Crippen molar-refractivity contribution in [2.24, 2.45) is 0 Å². The van der Waals surface area contributed by atoms with Gasteiger partial charge >= 0.3 is 0 Å². The van der Waals surface area contributed by atoms with E-state index in [1.165, 1.54) is 6.07 Å². The highest BCUT2D eigenvalue weighted by molar-refractivity contribution is 6.29. The Morgan fingerprint density at radius 2 is 2.00 bits per heavy atom. The van der Waals surface area contributed by atoms with E-state index in [1.807, 2.05) is 4.90 Å².